The SMILES string of the molecule is C=C1C(=O)C23CC[C@H]1CC2C1(COC(=O)c2ccccc2)CCC[C@@](C)(COC(=O)c2ccccc2)C1CC3=O. The normalized spacial score (nSPS) is 34.5. The lowest BCUT2D eigenvalue weighted by Crippen LogP contribution is -2.69. The Morgan fingerprint density at radius 1 is 0.850 bits per heavy atom. The lowest BCUT2D eigenvalue weighted by atomic mass is 9.36. The van der Waals surface area contributed by atoms with E-state index in [0.717, 1.165) is 25.7 Å². The molecule has 5 aliphatic carbocycles. The lowest BCUT2D eigenvalue weighted by Gasteiger charge is -2.66. The minimum Gasteiger partial charge on any atom is -0.462 e. The molecule has 4 unspecified atom stereocenters. The minimum atomic E-state index is -1.08. The molecule has 0 heterocycles. The molecule has 5 saturated carbocycles. The van der Waals surface area contributed by atoms with E-state index in [9.17, 15) is 19.2 Å². The van der Waals surface area contributed by atoms with E-state index in [-0.39, 0.29) is 49.0 Å². The fraction of sp³-hybridized carbons (Fsp3) is 0.471. The summed E-state index contributed by atoms with van der Waals surface area (Å²) in [7, 11) is 0. The number of allylic oxidation sites excluding steroid dienone is 1. The van der Waals surface area contributed by atoms with Crippen molar-refractivity contribution in [2.45, 2.75) is 51.9 Å². The molecule has 2 bridgehead atoms. The zero-order valence-corrected chi connectivity index (χ0v) is 23.0. The molecule has 6 heteroatoms. The van der Waals surface area contributed by atoms with Gasteiger partial charge in [0.1, 0.15) is 5.78 Å². The lowest BCUT2D eigenvalue weighted by molar-refractivity contribution is -0.200. The van der Waals surface area contributed by atoms with Crippen molar-refractivity contribution in [3.05, 3.63) is 83.9 Å². The maximum absolute atomic E-state index is 14.1. The highest BCUT2D eigenvalue weighted by atomic mass is 16.5. The van der Waals surface area contributed by atoms with Crippen LogP contribution in [0.25, 0.3) is 0 Å². The maximum Gasteiger partial charge on any atom is 0.338 e. The molecule has 0 N–H and O–H groups in total. The van der Waals surface area contributed by atoms with Crippen LogP contribution in [0.2, 0.25) is 0 Å². The summed E-state index contributed by atoms with van der Waals surface area (Å²) >= 11 is 0. The van der Waals surface area contributed by atoms with Gasteiger partial charge in [-0.1, -0.05) is 56.3 Å². The van der Waals surface area contributed by atoms with E-state index in [4.69, 9.17) is 9.47 Å². The number of esters is 2. The van der Waals surface area contributed by atoms with Gasteiger partial charge in [0, 0.05) is 17.3 Å². The smallest absolute Gasteiger partial charge is 0.338 e. The van der Waals surface area contributed by atoms with Crippen LogP contribution in [0.15, 0.2) is 72.8 Å². The highest BCUT2D eigenvalue weighted by Crippen LogP contribution is 2.70. The topological polar surface area (TPSA) is 86.7 Å². The van der Waals surface area contributed by atoms with E-state index in [1.54, 1.807) is 48.5 Å². The number of Topliss-reactive ketones (excluding diaryl/α,β-unsaturated/α-hetero) is 2. The monoisotopic (exact) mass is 540 g/mol. The number of hydrogen-bond donors (Lipinski definition) is 0. The molecule has 0 saturated heterocycles. The van der Waals surface area contributed by atoms with Crippen LogP contribution < -0.4 is 0 Å². The van der Waals surface area contributed by atoms with Gasteiger partial charge in [0.25, 0.3) is 0 Å². The highest BCUT2D eigenvalue weighted by Gasteiger charge is 2.72. The zero-order valence-electron chi connectivity index (χ0n) is 23.0. The van der Waals surface area contributed by atoms with Crippen molar-refractivity contribution in [1.29, 1.82) is 0 Å². The predicted molar refractivity (Wildman–Crippen MR) is 148 cm³/mol. The van der Waals surface area contributed by atoms with Gasteiger partial charge in [0.15, 0.2) is 5.78 Å². The first-order valence-corrected chi connectivity index (χ1v) is 14.4. The Balaban J connectivity index is 1.35. The second-order valence-electron chi connectivity index (χ2n) is 12.7. The Bertz CT molecular complexity index is 1370. The number of hydrogen-bond acceptors (Lipinski definition) is 6. The molecule has 6 atom stereocenters. The fourth-order valence-electron chi connectivity index (χ4n) is 8.72. The first-order chi connectivity index (χ1) is 19.2. The summed E-state index contributed by atoms with van der Waals surface area (Å²) in [6.45, 7) is 6.50. The molecule has 7 rings (SSSR count). The molecule has 1 spiro atoms. The predicted octanol–water partition coefficient (Wildman–Crippen LogP) is 6.01. The van der Waals surface area contributed by atoms with Crippen molar-refractivity contribution in [3.63, 3.8) is 0 Å². The number of ether oxygens (including phenoxy) is 2. The van der Waals surface area contributed by atoms with Gasteiger partial charge in [-0.15, -0.1) is 0 Å². The van der Waals surface area contributed by atoms with Gasteiger partial charge in [-0.25, -0.2) is 9.59 Å². The molecule has 208 valence electrons. The molecule has 2 aromatic rings. The molecule has 5 fully saturated rings. The van der Waals surface area contributed by atoms with E-state index >= 15 is 0 Å². The number of fused-ring (bicyclic) bond motifs is 3. The summed E-state index contributed by atoms with van der Waals surface area (Å²) < 4.78 is 12.0. The van der Waals surface area contributed by atoms with Gasteiger partial charge in [0.2, 0.25) is 0 Å². The standard InChI is InChI=1S/C34H36O6/c1-22-25-14-17-34(29(22)36)27(18-25)33(21-40-31(38)24-12-7-4-8-13-24)16-9-15-32(2,26(33)19-28(34)35)20-39-30(37)23-10-5-3-6-11-23/h3-8,10-13,25-27H,1,9,14-21H2,2H3/t25-,26?,27?,32-,33?,34?/m0/s1. The van der Waals surface area contributed by atoms with E-state index in [0.29, 0.717) is 29.5 Å². The summed E-state index contributed by atoms with van der Waals surface area (Å²) in [6.07, 6.45) is 4.62. The Morgan fingerprint density at radius 3 is 2.08 bits per heavy atom. The van der Waals surface area contributed by atoms with Crippen LogP contribution in [0.3, 0.4) is 0 Å². The van der Waals surface area contributed by atoms with Gasteiger partial charge in [-0.2, -0.15) is 0 Å². The van der Waals surface area contributed by atoms with Crippen LogP contribution in [-0.4, -0.2) is 36.7 Å². The van der Waals surface area contributed by atoms with Crippen LogP contribution >= 0.6 is 0 Å². The molecule has 6 nitrogen and oxygen atoms in total. The van der Waals surface area contributed by atoms with Gasteiger partial charge in [-0.3, -0.25) is 9.59 Å². The summed E-state index contributed by atoms with van der Waals surface area (Å²) in [5.41, 5.74) is -0.615. The second-order valence-corrected chi connectivity index (χ2v) is 12.7. The van der Waals surface area contributed by atoms with Gasteiger partial charge >= 0.3 is 11.9 Å². The van der Waals surface area contributed by atoms with Crippen molar-refractivity contribution >= 4 is 23.5 Å². The molecule has 0 radical (unpaired) electrons. The van der Waals surface area contributed by atoms with E-state index in [1.165, 1.54) is 0 Å². The molecular formula is C34H36O6. The average molecular weight is 541 g/mol. The van der Waals surface area contributed by atoms with E-state index < -0.39 is 28.2 Å². The fourth-order valence-corrected chi connectivity index (χ4v) is 8.72. The van der Waals surface area contributed by atoms with Crippen LogP contribution in [0, 0.1) is 34.0 Å². The summed E-state index contributed by atoms with van der Waals surface area (Å²) in [4.78, 5) is 53.9. The van der Waals surface area contributed by atoms with Crippen LogP contribution in [-0.2, 0) is 19.1 Å². The van der Waals surface area contributed by atoms with Crippen molar-refractivity contribution in [3.8, 4) is 0 Å². The summed E-state index contributed by atoms with van der Waals surface area (Å²) in [5.74, 6) is -1.27. The third-order valence-corrected chi connectivity index (χ3v) is 10.7. The van der Waals surface area contributed by atoms with Gasteiger partial charge < -0.3 is 9.47 Å². The van der Waals surface area contributed by atoms with E-state index in [2.05, 4.69) is 13.5 Å². The maximum atomic E-state index is 14.1. The third kappa shape index (κ3) is 3.98. The Hall–Kier alpha value is -3.54. The molecule has 2 aromatic carbocycles. The number of benzene rings is 2. The summed E-state index contributed by atoms with van der Waals surface area (Å²) in [5, 5.41) is 0. The largest absolute Gasteiger partial charge is 0.462 e. The van der Waals surface area contributed by atoms with Gasteiger partial charge in [-0.05, 0) is 79.7 Å². The first kappa shape index (κ1) is 26.7. The molecule has 0 aliphatic heterocycles. The minimum absolute atomic E-state index is 0.0145. The summed E-state index contributed by atoms with van der Waals surface area (Å²) in [6, 6.07) is 17.8. The average Bonchev–Trinajstić information content (AvgIpc) is 2.99. The molecule has 0 aromatic heterocycles. The molecular weight excluding hydrogens is 504 g/mol. The quantitative estimate of drug-likeness (QED) is 0.253. The first-order valence-electron chi connectivity index (χ1n) is 14.4. The Morgan fingerprint density at radius 2 is 1.45 bits per heavy atom. The third-order valence-electron chi connectivity index (χ3n) is 10.7. The van der Waals surface area contributed by atoms with Crippen molar-refractivity contribution in [2.75, 3.05) is 13.2 Å². The number of carbonyl (C=O) groups excluding carboxylic acids is 4. The van der Waals surface area contributed by atoms with E-state index in [1.807, 2.05) is 12.1 Å². The van der Waals surface area contributed by atoms with Crippen LogP contribution in [0.1, 0.15) is 72.6 Å². The van der Waals surface area contributed by atoms with Gasteiger partial charge in [0.05, 0.1) is 29.8 Å². The molecule has 0 amide bonds. The van der Waals surface area contributed by atoms with Crippen LogP contribution in [0.5, 0.6) is 0 Å². The van der Waals surface area contributed by atoms with Crippen LogP contribution in [0.4, 0.5) is 0 Å². The number of rotatable bonds is 6. The Labute approximate surface area is 235 Å². The zero-order chi connectivity index (χ0) is 28.1. The van der Waals surface area contributed by atoms with Crippen molar-refractivity contribution < 1.29 is 28.7 Å². The molecule has 5 aliphatic rings. The van der Waals surface area contributed by atoms with Crippen molar-refractivity contribution in [1.82, 2.24) is 0 Å². The Kier molecular flexibility index (Phi) is 6.55. The second kappa shape index (κ2) is 9.83. The highest BCUT2D eigenvalue weighted by molar-refractivity contribution is 6.16. The molecule has 40 heavy (non-hydrogen) atoms. The number of ketones is 2. The van der Waals surface area contributed by atoms with Crippen molar-refractivity contribution in [2.24, 2.45) is 34.0 Å². The number of carbonyl (C=O) groups is 4.